The molecular weight excluding hydrogens is 244 g/mol. The van der Waals surface area contributed by atoms with Crippen molar-refractivity contribution in [1.29, 1.82) is 0 Å². The van der Waals surface area contributed by atoms with Crippen molar-refractivity contribution in [3.05, 3.63) is 22.7 Å². The fraction of sp³-hybridized carbons (Fsp3) is 0.400. The van der Waals surface area contributed by atoms with Gasteiger partial charge in [0.1, 0.15) is 5.75 Å². The first-order chi connectivity index (χ1) is 6.67. The number of hydrogen-bond acceptors (Lipinski definition) is 3. The van der Waals surface area contributed by atoms with Crippen molar-refractivity contribution in [3.8, 4) is 5.75 Å². The van der Waals surface area contributed by atoms with Crippen LogP contribution in [0.3, 0.4) is 0 Å². The first-order valence-electron chi connectivity index (χ1n) is 4.47. The molecule has 0 radical (unpaired) electrons. The zero-order valence-electron chi connectivity index (χ0n) is 8.38. The average molecular weight is 259 g/mol. The molecule has 0 bridgehead atoms. The van der Waals surface area contributed by atoms with Gasteiger partial charge in [-0.3, -0.25) is 0 Å². The number of rotatable bonds is 4. The van der Waals surface area contributed by atoms with E-state index in [-0.39, 0.29) is 6.04 Å². The highest BCUT2D eigenvalue weighted by Gasteiger charge is 2.03. The third-order valence-corrected chi connectivity index (χ3v) is 2.57. The third kappa shape index (κ3) is 2.89. The van der Waals surface area contributed by atoms with Crippen LogP contribution < -0.4 is 15.8 Å². The van der Waals surface area contributed by atoms with E-state index in [4.69, 9.17) is 10.5 Å². The Morgan fingerprint density at radius 3 is 2.86 bits per heavy atom. The second-order valence-corrected chi connectivity index (χ2v) is 3.98. The van der Waals surface area contributed by atoms with Gasteiger partial charge in [0.25, 0.3) is 0 Å². The summed E-state index contributed by atoms with van der Waals surface area (Å²) in [7, 11) is 1.65. The first kappa shape index (κ1) is 11.3. The number of hydrogen-bond donors (Lipinski definition) is 2. The molecule has 1 aromatic rings. The number of nitrogens with two attached hydrogens (primary N) is 1. The summed E-state index contributed by atoms with van der Waals surface area (Å²) >= 11 is 3.40. The van der Waals surface area contributed by atoms with E-state index in [0.717, 1.165) is 15.9 Å². The van der Waals surface area contributed by atoms with E-state index in [9.17, 15) is 0 Å². The number of anilines is 1. The largest absolute Gasteiger partial charge is 0.495 e. The lowest BCUT2D eigenvalue weighted by molar-refractivity contribution is 0.412. The molecule has 0 saturated heterocycles. The minimum atomic E-state index is 0.265. The van der Waals surface area contributed by atoms with Gasteiger partial charge in [-0.1, -0.05) is 0 Å². The topological polar surface area (TPSA) is 47.3 Å². The van der Waals surface area contributed by atoms with E-state index in [1.807, 2.05) is 25.1 Å². The predicted molar refractivity (Wildman–Crippen MR) is 62.8 cm³/mol. The lowest BCUT2D eigenvalue weighted by atomic mass is 10.2. The van der Waals surface area contributed by atoms with Crippen LogP contribution in [0.25, 0.3) is 0 Å². The van der Waals surface area contributed by atoms with Gasteiger partial charge in [-0.25, -0.2) is 0 Å². The fourth-order valence-corrected chi connectivity index (χ4v) is 1.50. The highest BCUT2D eigenvalue weighted by molar-refractivity contribution is 9.10. The molecule has 4 heteroatoms. The van der Waals surface area contributed by atoms with Gasteiger partial charge in [0.15, 0.2) is 0 Å². The summed E-state index contributed by atoms with van der Waals surface area (Å²) in [6.07, 6.45) is 0. The van der Waals surface area contributed by atoms with E-state index in [1.165, 1.54) is 0 Å². The Labute approximate surface area is 92.8 Å². The molecule has 0 amide bonds. The SMILES string of the molecule is COc1cc(NC(C)CN)ccc1Br. The normalized spacial score (nSPS) is 12.3. The van der Waals surface area contributed by atoms with E-state index < -0.39 is 0 Å². The molecule has 14 heavy (non-hydrogen) atoms. The Morgan fingerprint density at radius 1 is 1.57 bits per heavy atom. The minimum Gasteiger partial charge on any atom is -0.495 e. The van der Waals surface area contributed by atoms with E-state index in [0.29, 0.717) is 6.54 Å². The molecule has 3 nitrogen and oxygen atoms in total. The van der Waals surface area contributed by atoms with E-state index in [2.05, 4.69) is 21.2 Å². The molecule has 0 aliphatic heterocycles. The van der Waals surface area contributed by atoms with Gasteiger partial charge in [0.2, 0.25) is 0 Å². The Kier molecular flexibility index (Phi) is 4.22. The average Bonchev–Trinajstić information content (AvgIpc) is 2.20. The molecule has 0 saturated carbocycles. The lowest BCUT2D eigenvalue weighted by Crippen LogP contribution is -2.25. The standard InChI is InChI=1S/C10H15BrN2O/c1-7(6-12)13-8-3-4-9(11)10(5-8)14-2/h3-5,7,13H,6,12H2,1-2H3. The van der Waals surface area contributed by atoms with E-state index >= 15 is 0 Å². The molecule has 0 heterocycles. The summed E-state index contributed by atoms with van der Waals surface area (Å²) in [5.41, 5.74) is 6.53. The molecule has 0 spiro atoms. The summed E-state index contributed by atoms with van der Waals surface area (Å²) in [4.78, 5) is 0. The maximum Gasteiger partial charge on any atom is 0.135 e. The second-order valence-electron chi connectivity index (χ2n) is 3.13. The van der Waals surface area contributed by atoms with Gasteiger partial charge in [-0.15, -0.1) is 0 Å². The molecule has 1 atom stereocenters. The Morgan fingerprint density at radius 2 is 2.29 bits per heavy atom. The zero-order valence-corrected chi connectivity index (χ0v) is 9.97. The van der Waals surface area contributed by atoms with Gasteiger partial charge in [0.05, 0.1) is 11.6 Å². The van der Waals surface area contributed by atoms with Crippen molar-refractivity contribution >= 4 is 21.6 Å². The fourth-order valence-electron chi connectivity index (χ4n) is 1.09. The highest BCUT2D eigenvalue weighted by Crippen LogP contribution is 2.27. The summed E-state index contributed by atoms with van der Waals surface area (Å²) in [5, 5.41) is 3.27. The molecule has 3 N–H and O–H groups in total. The molecule has 0 aromatic heterocycles. The number of halogens is 1. The van der Waals surface area contributed by atoms with Crippen LogP contribution in [0.15, 0.2) is 22.7 Å². The van der Waals surface area contributed by atoms with Crippen molar-refractivity contribution in [2.24, 2.45) is 5.73 Å². The van der Waals surface area contributed by atoms with Crippen molar-refractivity contribution in [1.82, 2.24) is 0 Å². The molecule has 78 valence electrons. The molecule has 0 fully saturated rings. The summed E-state index contributed by atoms with van der Waals surface area (Å²) in [6, 6.07) is 6.14. The quantitative estimate of drug-likeness (QED) is 0.871. The van der Waals surface area contributed by atoms with Gasteiger partial charge in [0, 0.05) is 24.3 Å². The summed E-state index contributed by atoms with van der Waals surface area (Å²) in [5.74, 6) is 0.819. The van der Waals surface area contributed by atoms with Gasteiger partial charge >= 0.3 is 0 Å². The maximum atomic E-state index is 5.52. The van der Waals surface area contributed by atoms with Crippen molar-refractivity contribution in [2.75, 3.05) is 19.0 Å². The van der Waals surface area contributed by atoms with Crippen LogP contribution in [0.2, 0.25) is 0 Å². The minimum absolute atomic E-state index is 0.265. The number of nitrogens with one attached hydrogen (secondary N) is 1. The summed E-state index contributed by atoms with van der Waals surface area (Å²) < 4.78 is 6.13. The Balaban J connectivity index is 2.79. The van der Waals surface area contributed by atoms with Crippen LogP contribution in [0.5, 0.6) is 5.75 Å². The van der Waals surface area contributed by atoms with Crippen LogP contribution in [0, 0.1) is 0 Å². The molecular formula is C10H15BrN2O. The number of methoxy groups -OCH3 is 1. The monoisotopic (exact) mass is 258 g/mol. The third-order valence-electron chi connectivity index (χ3n) is 1.92. The molecule has 0 aliphatic carbocycles. The zero-order chi connectivity index (χ0) is 10.6. The second kappa shape index (κ2) is 5.22. The predicted octanol–water partition coefficient (Wildman–Crippen LogP) is 2.22. The Hall–Kier alpha value is -0.740. The lowest BCUT2D eigenvalue weighted by Gasteiger charge is -2.14. The molecule has 0 aliphatic rings. The van der Waals surface area contributed by atoms with E-state index in [1.54, 1.807) is 7.11 Å². The molecule has 1 aromatic carbocycles. The van der Waals surface area contributed by atoms with Gasteiger partial charge in [-0.05, 0) is 35.0 Å². The summed E-state index contributed by atoms with van der Waals surface area (Å²) in [6.45, 7) is 2.65. The van der Waals surface area contributed by atoms with Crippen molar-refractivity contribution < 1.29 is 4.74 Å². The number of ether oxygens (including phenoxy) is 1. The van der Waals surface area contributed by atoms with Crippen LogP contribution in [-0.2, 0) is 0 Å². The van der Waals surface area contributed by atoms with Gasteiger partial charge in [-0.2, -0.15) is 0 Å². The molecule has 1 rings (SSSR count). The van der Waals surface area contributed by atoms with Crippen LogP contribution in [-0.4, -0.2) is 19.7 Å². The smallest absolute Gasteiger partial charge is 0.135 e. The van der Waals surface area contributed by atoms with Crippen LogP contribution >= 0.6 is 15.9 Å². The van der Waals surface area contributed by atoms with Crippen LogP contribution in [0.4, 0.5) is 5.69 Å². The first-order valence-corrected chi connectivity index (χ1v) is 5.26. The highest BCUT2D eigenvalue weighted by atomic mass is 79.9. The molecule has 1 unspecified atom stereocenters. The van der Waals surface area contributed by atoms with Crippen LogP contribution in [0.1, 0.15) is 6.92 Å². The Bertz CT molecular complexity index is 304. The van der Waals surface area contributed by atoms with Crippen molar-refractivity contribution in [2.45, 2.75) is 13.0 Å². The van der Waals surface area contributed by atoms with Crippen molar-refractivity contribution in [3.63, 3.8) is 0 Å². The van der Waals surface area contributed by atoms with Gasteiger partial charge < -0.3 is 15.8 Å². The number of benzene rings is 1. The maximum absolute atomic E-state index is 5.52.